The molecular weight excluding hydrogens is 286 g/mol. The van der Waals surface area contributed by atoms with Crippen molar-refractivity contribution >= 4 is 15.7 Å². The van der Waals surface area contributed by atoms with Crippen LogP contribution in [0.15, 0.2) is 24.3 Å². The predicted octanol–water partition coefficient (Wildman–Crippen LogP) is 1.06. The maximum atomic E-state index is 12.6. The van der Waals surface area contributed by atoms with E-state index >= 15 is 0 Å². The average Bonchev–Trinajstić information content (AvgIpc) is 2.47. The quantitative estimate of drug-likeness (QED) is 0.853. The molecule has 0 saturated carbocycles. The van der Waals surface area contributed by atoms with Crippen LogP contribution in [0.25, 0.3) is 0 Å². The van der Waals surface area contributed by atoms with Gasteiger partial charge in [-0.05, 0) is 31.5 Å². The van der Waals surface area contributed by atoms with Crippen molar-refractivity contribution in [3.05, 3.63) is 29.8 Å². The van der Waals surface area contributed by atoms with Gasteiger partial charge in [0.15, 0.2) is 0 Å². The van der Waals surface area contributed by atoms with Crippen molar-refractivity contribution in [3.63, 3.8) is 0 Å². The number of hydrogen-bond donors (Lipinski definition) is 1. The van der Waals surface area contributed by atoms with Gasteiger partial charge in [0.05, 0.1) is 11.4 Å². The molecule has 0 aliphatic carbocycles. The summed E-state index contributed by atoms with van der Waals surface area (Å²) in [7, 11) is -3.27. The zero-order valence-corrected chi connectivity index (χ0v) is 13.7. The van der Waals surface area contributed by atoms with Crippen LogP contribution in [0, 0.1) is 6.92 Å². The molecule has 1 aliphatic rings. The largest absolute Gasteiger partial charge is 0.314 e. The molecule has 0 aromatic heterocycles. The molecule has 1 fully saturated rings. The number of anilines is 1. The second-order valence-electron chi connectivity index (χ2n) is 5.41. The Labute approximate surface area is 128 Å². The van der Waals surface area contributed by atoms with Gasteiger partial charge in [0.25, 0.3) is 0 Å². The summed E-state index contributed by atoms with van der Waals surface area (Å²) in [6.07, 6.45) is 0. The Balaban J connectivity index is 2.05. The fraction of sp³-hybridized carbons (Fsp3) is 0.600. The molecule has 0 bridgehead atoms. The van der Waals surface area contributed by atoms with Gasteiger partial charge in [-0.2, -0.15) is 0 Å². The lowest BCUT2D eigenvalue weighted by molar-refractivity contribution is 0.254. The number of sulfonamides is 1. The minimum atomic E-state index is -3.27. The van der Waals surface area contributed by atoms with E-state index in [0.29, 0.717) is 13.1 Å². The zero-order valence-electron chi connectivity index (χ0n) is 12.9. The van der Waals surface area contributed by atoms with E-state index in [1.807, 2.05) is 38.1 Å². The average molecular weight is 311 g/mol. The highest BCUT2D eigenvalue weighted by atomic mass is 32.2. The van der Waals surface area contributed by atoms with Gasteiger partial charge in [-0.1, -0.05) is 12.1 Å². The maximum absolute atomic E-state index is 12.6. The number of piperazine rings is 1. The van der Waals surface area contributed by atoms with Crippen LogP contribution in [0.4, 0.5) is 5.69 Å². The maximum Gasteiger partial charge on any atom is 0.236 e. The highest BCUT2D eigenvalue weighted by Gasteiger charge is 2.22. The van der Waals surface area contributed by atoms with E-state index in [1.54, 1.807) is 0 Å². The van der Waals surface area contributed by atoms with Gasteiger partial charge < -0.3 is 5.32 Å². The first kappa shape index (κ1) is 16.3. The predicted molar refractivity (Wildman–Crippen MR) is 87.3 cm³/mol. The molecule has 0 spiro atoms. The van der Waals surface area contributed by atoms with Gasteiger partial charge >= 0.3 is 0 Å². The van der Waals surface area contributed by atoms with Gasteiger partial charge in [0.1, 0.15) is 0 Å². The molecule has 118 valence electrons. The van der Waals surface area contributed by atoms with Gasteiger partial charge in [0, 0.05) is 39.3 Å². The summed E-state index contributed by atoms with van der Waals surface area (Å²) in [5.74, 6) is 0.175. The van der Waals surface area contributed by atoms with Crippen molar-refractivity contribution in [2.24, 2.45) is 0 Å². The molecule has 1 aromatic rings. The fourth-order valence-electron chi connectivity index (χ4n) is 2.61. The topological polar surface area (TPSA) is 52.7 Å². The number of nitrogens with zero attached hydrogens (tertiary/aromatic N) is 2. The number of hydrogen-bond acceptors (Lipinski definition) is 4. The van der Waals surface area contributed by atoms with Gasteiger partial charge in [0.2, 0.25) is 10.0 Å². The van der Waals surface area contributed by atoms with E-state index in [2.05, 4.69) is 10.2 Å². The summed E-state index contributed by atoms with van der Waals surface area (Å²) >= 11 is 0. The van der Waals surface area contributed by atoms with Crippen LogP contribution >= 0.6 is 0 Å². The number of nitrogens with one attached hydrogen (secondary N) is 1. The molecule has 1 aromatic carbocycles. The third-order valence-electron chi connectivity index (χ3n) is 3.79. The first-order valence-electron chi connectivity index (χ1n) is 7.53. The van der Waals surface area contributed by atoms with Crippen molar-refractivity contribution in [3.8, 4) is 0 Å². The zero-order chi connectivity index (χ0) is 15.3. The van der Waals surface area contributed by atoms with E-state index in [1.165, 1.54) is 4.31 Å². The lowest BCUT2D eigenvalue weighted by atomic mass is 10.2. The standard InChI is InChI=1S/C15H25N3O2S/c1-3-18(15-6-4-5-14(2)13-15)21(19,20)12-11-17-9-7-16-8-10-17/h4-6,13,16H,3,7-12H2,1-2H3. The van der Waals surface area contributed by atoms with Crippen LogP contribution < -0.4 is 9.62 Å². The van der Waals surface area contributed by atoms with Crippen LogP contribution in [0.5, 0.6) is 0 Å². The van der Waals surface area contributed by atoms with Crippen molar-refractivity contribution in [1.82, 2.24) is 10.2 Å². The Morgan fingerprint density at radius 3 is 2.62 bits per heavy atom. The summed E-state index contributed by atoms with van der Waals surface area (Å²) in [5.41, 5.74) is 1.83. The molecule has 1 heterocycles. The highest BCUT2D eigenvalue weighted by Crippen LogP contribution is 2.19. The van der Waals surface area contributed by atoms with Gasteiger partial charge in [-0.15, -0.1) is 0 Å². The Bertz CT molecular complexity index is 554. The minimum Gasteiger partial charge on any atom is -0.314 e. The van der Waals surface area contributed by atoms with Crippen LogP contribution in [0.3, 0.4) is 0 Å². The van der Waals surface area contributed by atoms with E-state index in [4.69, 9.17) is 0 Å². The first-order valence-corrected chi connectivity index (χ1v) is 9.14. The summed E-state index contributed by atoms with van der Waals surface area (Å²) < 4.78 is 26.7. The second-order valence-corrected chi connectivity index (χ2v) is 7.42. The molecule has 1 saturated heterocycles. The molecule has 0 radical (unpaired) electrons. The smallest absolute Gasteiger partial charge is 0.236 e. The molecule has 0 atom stereocenters. The first-order chi connectivity index (χ1) is 10.0. The van der Waals surface area contributed by atoms with Crippen molar-refractivity contribution in [2.75, 3.05) is 49.3 Å². The Kier molecular flexibility index (Phi) is 5.61. The van der Waals surface area contributed by atoms with Crippen LogP contribution in [-0.4, -0.2) is 58.3 Å². The normalized spacial score (nSPS) is 16.9. The van der Waals surface area contributed by atoms with Crippen molar-refractivity contribution in [2.45, 2.75) is 13.8 Å². The molecule has 21 heavy (non-hydrogen) atoms. The summed E-state index contributed by atoms with van der Waals surface area (Å²) in [5, 5.41) is 3.28. The minimum absolute atomic E-state index is 0.175. The summed E-state index contributed by atoms with van der Waals surface area (Å²) in [6, 6.07) is 7.66. The molecule has 0 unspecified atom stereocenters. The van der Waals surface area contributed by atoms with E-state index in [9.17, 15) is 8.42 Å². The fourth-order valence-corrected chi connectivity index (χ4v) is 4.15. The van der Waals surface area contributed by atoms with Gasteiger partial charge in [-0.3, -0.25) is 9.21 Å². The third kappa shape index (κ3) is 4.43. The molecule has 2 rings (SSSR count). The molecule has 6 heteroatoms. The Morgan fingerprint density at radius 1 is 1.29 bits per heavy atom. The van der Waals surface area contributed by atoms with Crippen LogP contribution in [0.2, 0.25) is 0 Å². The van der Waals surface area contributed by atoms with Crippen LogP contribution in [-0.2, 0) is 10.0 Å². The Hall–Kier alpha value is -1.11. The van der Waals surface area contributed by atoms with Crippen LogP contribution in [0.1, 0.15) is 12.5 Å². The van der Waals surface area contributed by atoms with Crippen molar-refractivity contribution < 1.29 is 8.42 Å². The Morgan fingerprint density at radius 2 is 2.00 bits per heavy atom. The molecule has 0 amide bonds. The monoisotopic (exact) mass is 311 g/mol. The molecule has 1 aliphatic heterocycles. The third-order valence-corrected chi connectivity index (χ3v) is 5.63. The van der Waals surface area contributed by atoms with E-state index in [0.717, 1.165) is 37.4 Å². The van der Waals surface area contributed by atoms with Gasteiger partial charge in [-0.25, -0.2) is 8.42 Å². The van der Waals surface area contributed by atoms with E-state index < -0.39 is 10.0 Å². The molecule has 1 N–H and O–H groups in total. The molecule has 5 nitrogen and oxygen atoms in total. The lowest BCUT2D eigenvalue weighted by Crippen LogP contribution is -2.46. The van der Waals surface area contributed by atoms with E-state index in [-0.39, 0.29) is 5.75 Å². The molecular formula is C15H25N3O2S. The number of aryl methyl sites for hydroxylation is 1. The highest BCUT2D eigenvalue weighted by molar-refractivity contribution is 7.92. The summed E-state index contributed by atoms with van der Waals surface area (Å²) in [6.45, 7) is 8.65. The number of benzene rings is 1. The SMILES string of the molecule is CCN(c1cccc(C)c1)S(=O)(=O)CCN1CCNCC1. The summed E-state index contributed by atoms with van der Waals surface area (Å²) in [4.78, 5) is 2.21. The second kappa shape index (κ2) is 7.24. The number of rotatable bonds is 6. The van der Waals surface area contributed by atoms with Crippen molar-refractivity contribution in [1.29, 1.82) is 0 Å². The lowest BCUT2D eigenvalue weighted by Gasteiger charge is -2.29.